The van der Waals surface area contributed by atoms with Crippen LogP contribution in [0.4, 0.5) is 5.69 Å². The summed E-state index contributed by atoms with van der Waals surface area (Å²) in [5.41, 5.74) is 0.650. The lowest BCUT2D eigenvalue weighted by molar-refractivity contribution is -0.115. The number of imidazole rings is 1. The third-order valence-electron chi connectivity index (χ3n) is 2.88. The summed E-state index contributed by atoms with van der Waals surface area (Å²) in [4.78, 5) is 20.4. The van der Waals surface area contributed by atoms with Gasteiger partial charge in [-0.2, -0.15) is 0 Å². The van der Waals surface area contributed by atoms with Gasteiger partial charge in [0.05, 0.1) is 18.8 Å². The molecule has 23 heavy (non-hydrogen) atoms. The zero-order chi connectivity index (χ0) is 15.1. The lowest BCUT2D eigenvalue weighted by Gasteiger charge is -2.12. The molecule has 0 atom stereocenters. The first-order valence-electron chi connectivity index (χ1n) is 6.67. The molecule has 2 aromatic rings. The van der Waals surface area contributed by atoms with Crippen LogP contribution in [0.1, 0.15) is 5.82 Å². The first-order valence-corrected chi connectivity index (χ1v) is 6.67. The quantitative estimate of drug-likeness (QED) is 0.732. The molecule has 0 fully saturated rings. The molecule has 9 heteroatoms. The third-order valence-corrected chi connectivity index (χ3v) is 2.88. The number of carbonyl (C=O) groups excluding carboxylic acids is 1. The van der Waals surface area contributed by atoms with E-state index in [1.807, 2.05) is 23.8 Å². The van der Waals surface area contributed by atoms with Gasteiger partial charge in [-0.15, -0.1) is 24.8 Å². The van der Waals surface area contributed by atoms with Gasteiger partial charge in [0.25, 0.3) is 0 Å². The van der Waals surface area contributed by atoms with Crippen molar-refractivity contribution in [3.63, 3.8) is 0 Å². The summed E-state index contributed by atoms with van der Waals surface area (Å²) in [5, 5.41) is 5.84. The number of amides is 1. The molecule has 2 heterocycles. The predicted molar refractivity (Wildman–Crippen MR) is 94.0 cm³/mol. The maximum Gasteiger partial charge on any atom is 0.238 e. The minimum Gasteiger partial charge on any atom is -0.383 e. The molecule has 1 amide bonds. The van der Waals surface area contributed by atoms with Crippen LogP contribution in [0.15, 0.2) is 30.7 Å². The second-order valence-corrected chi connectivity index (χ2v) is 4.44. The number of nitrogens with one attached hydrogen (secondary N) is 2. The molecule has 0 saturated heterocycles. The number of nitrogens with zero attached hydrogens (tertiary/aromatic N) is 3. The summed E-state index contributed by atoms with van der Waals surface area (Å²) < 4.78 is 6.74. The maximum absolute atomic E-state index is 11.9. The van der Waals surface area contributed by atoms with Crippen molar-refractivity contribution in [2.75, 3.05) is 32.1 Å². The van der Waals surface area contributed by atoms with Crippen molar-refractivity contribution < 1.29 is 9.53 Å². The molecule has 0 saturated carbocycles. The van der Waals surface area contributed by atoms with E-state index in [-0.39, 0.29) is 37.3 Å². The summed E-state index contributed by atoms with van der Waals surface area (Å²) >= 11 is 0. The van der Waals surface area contributed by atoms with Crippen molar-refractivity contribution in [2.24, 2.45) is 0 Å². The van der Waals surface area contributed by atoms with Gasteiger partial charge in [0.2, 0.25) is 5.91 Å². The van der Waals surface area contributed by atoms with Crippen molar-refractivity contribution >= 4 is 36.4 Å². The summed E-state index contributed by atoms with van der Waals surface area (Å²) in [6.07, 6.45) is 5.19. The minimum absolute atomic E-state index is 0. The van der Waals surface area contributed by atoms with Gasteiger partial charge in [0.15, 0.2) is 5.82 Å². The van der Waals surface area contributed by atoms with E-state index in [1.54, 1.807) is 25.6 Å². The average molecular weight is 362 g/mol. The molecular formula is C14H21Cl2N5O2. The Bertz CT molecular complexity index is 606. The topological polar surface area (TPSA) is 81.1 Å². The zero-order valence-corrected chi connectivity index (χ0v) is 14.6. The van der Waals surface area contributed by atoms with Gasteiger partial charge in [0.1, 0.15) is 5.82 Å². The Balaban J connectivity index is 0.00000242. The molecule has 0 aliphatic heterocycles. The highest BCUT2D eigenvalue weighted by atomic mass is 35.5. The summed E-state index contributed by atoms with van der Waals surface area (Å²) in [7, 11) is 1.62. The van der Waals surface area contributed by atoms with Crippen molar-refractivity contribution in [1.82, 2.24) is 19.9 Å². The summed E-state index contributed by atoms with van der Waals surface area (Å²) in [6, 6.07) is 3.60. The number of carbonyl (C=O) groups is 1. The zero-order valence-electron chi connectivity index (χ0n) is 13.0. The van der Waals surface area contributed by atoms with Gasteiger partial charge in [-0.05, 0) is 19.1 Å². The SMILES string of the molecule is COCCNCC(=O)Nc1cccnc1-n1ccnc1C.Cl.Cl. The van der Waals surface area contributed by atoms with Gasteiger partial charge < -0.3 is 15.4 Å². The molecule has 2 rings (SSSR count). The molecule has 0 spiro atoms. The maximum atomic E-state index is 11.9. The van der Waals surface area contributed by atoms with E-state index in [0.717, 1.165) is 5.82 Å². The number of rotatable bonds is 7. The van der Waals surface area contributed by atoms with Crippen LogP contribution in [0, 0.1) is 6.92 Å². The van der Waals surface area contributed by atoms with E-state index in [2.05, 4.69) is 20.6 Å². The Morgan fingerprint density at radius 3 is 2.74 bits per heavy atom. The predicted octanol–water partition coefficient (Wildman–Crippen LogP) is 1.59. The second-order valence-electron chi connectivity index (χ2n) is 4.44. The monoisotopic (exact) mass is 361 g/mol. The van der Waals surface area contributed by atoms with Crippen LogP contribution in [0.3, 0.4) is 0 Å². The standard InChI is InChI=1S/C14H19N5O2.2ClH/c1-11-16-6-8-19(11)14-12(4-3-5-17-14)18-13(20)10-15-7-9-21-2;;/h3-6,8,15H,7,9-10H2,1-2H3,(H,18,20);2*1H. The molecule has 7 nitrogen and oxygen atoms in total. The van der Waals surface area contributed by atoms with Crippen LogP contribution >= 0.6 is 24.8 Å². The molecule has 0 radical (unpaired) electrons. The molecule has 0 aliphatic rings. The Morgan fingerprint density at radius 2 is 2.09 bits per heavy atom. The highest BCUT2D eigenvalue weighted by Crippen LogP contribution is 2.18. The van der Waals surface area contributed by atoms with Gasteiger partial charge in [0, 0.05) is 32.2 Å². The number of pyridine rings is 1. The van der Waals surface area contributed by atoms with Crippen molar-refractivity contribution in [2.45, 2.75) is 6.92 Å². The van der Waals surface area contributed by atoms with Crippen molar-refractivity contribution in [3.05, 3.63) is 36.5 Å². The normalized spacial score (nSPS) is 9.65. The Morgan fingerprint density at radius 1 is 1.30 bits per heavy atom. The number of aryl methyl sites for hydroxylation is 1. The van der Waals surface area contributed by atoms with Gasteiger partial charge in [-0.25, -0.2) is 9.97 Å². The molecule has 2 aromatic heterocycles. The van der Waals surface area contributed by atoms with Crippen LogP contribution < -0.4 is 10.6 Å². The number of aromatic nitrogens is 3. The van der Waals surface area contributed by atoms with E-state index < -0.39 is 0 Å². The molecule has 128 valence electrons. The molecule has 0 aromatic carbocycles. The average Bonchev–Trinajstić information content (AvgIpc) is 2.90. The van der Waals surface area contributed by atoms with E-state index in [0.29, 0.717) is 24.7 Å². The van der Waals surface area contributed by atoms with E-state index in [1.165, 1.54) is 0 Å². The number of anilines is 1. The van der Waals surface area contributed by atoms with Crippen LogP contribution in [0.5, 0.6) is 0 Å². The smallest absolute Gasteiger partial charge is 0.238 e. The number of ether oxygens (including phenoxy) is 1. The summed E-state index contributed by atoms with van der Waals surface area (Å²) in [5.74, 6) is 1.33. The summed E-state index contributed by atoms with van der Waals surface area (Å²) in [6.45, 7) is 3.30. The fraction of sp³-hybridized carbons (Fsp3) is 0.357. The molecule has 2 N–H and O–H groups in total. The van der Waals surface area contributed by atoms with E-state index >= 15 is 0 Å². The Kier molecular flexibility index (Phi) is 10.2. The molecule has 0 bridgehead atoms. The molecular weight excluding hydrogens is 341 g/mol. The van der Waals surface area contributed by atoms with E-state index in [9.17, 15) is 4.79 Å². The van der Waals surface area contributed by atoms with Crippen molar-refractivity contribution in [3.8, 4) is 5.82 Å². The fourth-order valence-corrected chi connectivity index (χ4v) is 1.86. The highest BCUT2D eigenvalue weighted by Gasteiger charge is 2.10. The van der Waals surface area contributed by atoms with Gasteiger partial charge >= 0.3 is 0 Å². The molecule has 0 unspecified atom stereocenters. The first-order chi connectivity index (χ1) is 10.2. The van der Waals surface area contributed by atoms with Crippen molar-refractivity contribution in [1.29, 1.82) is 0 Å². The first kappa shape index (κ1) is 21.3. The van der Waals surface area contributed by atoms with Crippen LogP contribution in [0.2, 0.25) is 0 Å². The minimum atomic E-state index is -0.127. The van der Waals surface area contributed by atoms with Crippen LogP contribution in [0.25, 0.3) is 5.82 Å². The number of hydrogen-bond donors (Lipinski definition) is 2. The fourth-order valence-electron chi connectivity index (χ4n) is 1.86. The lowest BCUT2D eigenvalue weighted by Crippen LogP contribution is -2.30. The van der Waals surface area contributed by atoms with Crippen LogP contribution in [-0.2, 0) is 9.53 Å². The number of halogens is 2. The van der Waals surface area contributed by atoms with E-state index in [4.69, 9.17) is 4.74 Å². The van der Waals surface area contributed by atoms with Crippen LogP contribution in [-0.4, -0.2) is 47.2 Å². The number of hydrogen-bond acceptors (Lipinski definition) is 5. The second kappa shape index (κ2) is 11.0. The number of methoxy groups -OCH3 is 1. The van der Waals surface area contributed by atoms with Gasteiger partial charge in [-0.1, -0.05) is 0 Å². The Hall–Kier alpha value is -1.67. The third kappa shape index (κ3) is 6.15. The lowest BCUT2D eigenvalue weighted by atomic mass is 10.3. The molecule has 0 aliphatic carbocycles. The highest BCUT2D eigenvalue weighted by molar-refractivity contribution is 5.93. The largest absolute Gasteiger partial charge is 0.383 e. The van der Waals surface area contributed by atoms with Gasteiger partial charge in [-0.3, -0.25) is 9.36 Å². The Labute approximate surface area is 147 Å².